The lowest BCUT2D eigenvalue weighted by Crippen LogP contribution is -2.36. The van der Waals surface area contributed by atoms with Crippen LogP contribution in [0.5, 0.6) is 0 Å². The van der Waals surface area contributed by atoms with Crippen LogP contribution in [0.25, 0.3) is 0 Å². The first-order valence-corrected chi connectivity index (χ1v) is 7.54. The number of rotatable bonds is 3. The Morgan fingerprint density at radius 2 is 2.05 bits per heavy atom. The molecule has 4 heteroatoms. The van der Waals surface area contributed by atoms with E-state index in [9.17, 15) is 9.18 Å². The highest BCUT2D eigenvalue weighted by Crippen LogP contribution is 2.24. The molecule has 0 aromatic heterocycles. The summed E-state index contributed by atoms with van der Waals surface area (Å²) in [5.74, 6) is -0.226. The number of anilines is 1. The molecule has 3 nitrogen and oxygen atoms in total. The summed E-state index contributed by atoms with van der Waals surface area (Å²) in [5, 5.41) is 0. The van der Waals surface area contributed by atoms with Crippen LogP contribution in [-0.2, 0) is 6.42 Å². The number of halogens is 1. The quantitative estimate of drug-likeness (QED) is 0.884. The minimum Gasteiger partial charge on any atom is -0.399 e. The monoisotopic (exact) mass is 298 g/mol. The fourth-order valence-electron chi connectivity index (χ4n) is 3.09. The number of nitrogen functional groups attached to an aromatic ring is 1. The minimum atomic E-state index is -0.232. The molecule has 1 saturated heterocycles. The third kappa shape index (κ3) is 3.11. The van der Waals surface area contributed by atoms with E-state index in [2.05, 4.69) is 0 Å². The van der Waals surface area contributed by atoms with Crippen molar-refractivity contribution < 1.29 is 9.18 Å². The number of carbonyl (C=O) groups is 1. The second-order valence-corrected chi connectivity index (χ2v) is 5.75. The molecular formula is C18H19FN2O. The van der Waals surface area contributed by atoms with Crippen LogP contribution in [-0.4, -0.2) is 23.4 Å². The molecule has 0 spiro atoms. The molecule has 1 fully saturated rings. The highest BCUT2D eigenvalue weighted by atomic mass is 19.1. The Morgan fingerprint density at radius 1 is 1.23 bits per heavy atom. The van der Waals surface area contributed by atoms with Gasteiger partial charge < -0.3 is 10.6 Å². The average Bonchev–Trinajstić information content (AvgIpc) is 2.94. The van der Waals surface area contributed by atoms with Gasteiger partial charge in [0.2, 0.25) is 0 Å². The van der Waals surface area contributed by atoms with Crippen LogP contribution in [0.4, 0.5) is 10.1 Å². The first-order valence-electron chi connectivity index (χ1n) is 7.54. The summed E-state index contributed by atoms with van der Waals surface area (Å²) in [5.41, 5.74) is 7.89. The smallest absolute Gasteiger partial charge is 0.254 e. The lowest BCUT2D eigenvalue weighted by Gasteiger charge is -2.25. The van der Waals surface area contributed by atoms with Gasteiger partial charge >= 0.3 is 0 Å². The van der Waals surface area contributed by atoms with Crippen LogP contribution in [0.2, 0.25) is 0 Å². The van der Waals surface area contributed by atoms with E-state index in [1.807, 2.05) is 11.0 Å². The van der Waals surface area contributed by atoms with Crippen LogP contribution in [0, 0.1) is 5.82 Å². The molecule has 1 amide bonds. The SMILES string of the molecule is Nc1cccc(C(=O)N2CCCC2Cc2cccc(F)c2)c1. The standard InChI is InChI=1S/C18H19FN2O/c19-15-6-1-4-13(10-15)11-17-8-3-9-21(17)18(22)14-5-2-7-16(20)12-14/h1-2,4-7,10,12,17H,3,8-9,11,20H2. The van der Waals surface area contributed by atoms with Gasteiger partial charge in [-0.25, -0.2) is 4.39 Å². The Bertz CT molecular complexity index is 686. The van der Waals surface area contributed by atoms with Gasteiger partial charge in [0.05, 0.1) is 0 Å². The summed E-state index contributed by atoms with van der Waals surface area (Å²) in [4.78, 5) is 14.6. The van der Waals surface area contributed by atoms with Crippen molar-refractivity contribution in [1.29, 1.82) is 0 Å². The molecule has 0 saturated carbocycles. The normalized spacial score (nSPS) is 17.7. The number of hydrogen-bond acceptors (Lipinski definition) is 2. The predicted octanol–water partition coefficient (Wildman–Crippen LogP) is 3.26. The van der Waals surface area contributed by atoms with E-state index < -0.39 is 0 Å². The first-order chi connectivity index (χ1) is 10.6. The fraction of sp³-hybridized carbons (Fsp3) is 0.278. The molecule has 114 valence electrons. The molecule has 2 N–H and O–H groups in total. The summed E-state index contributed by atoms with van der Waals surface area (Å²) < 4.78 is 13.3. The predicted molar refractivity (Wildman–Crippen MR) is 85.0 cm³/mol. The second kappa shape index (κ2) is 6.18. The van der Waals surface area contributed by atoms with Crippen molar-refractivity contribution in [2.75, 3.05) is 12.3 Å². The number of amides is 1. The molecule has 0 bridgehead atoms. The molecule has 1 aliphatic heterocycles. The van der Waals surface area contributed by atoms with Crippen molar-refractivity contribution in [2.24, 2.45) is 0 Å². The van der Waals surface area contributed by atoms with Crippen molar-refractivity contribution in [1.82, 2.24) is 4.90 Å². The number of likely N-dealkylation sites (tertiary alicyclic amines) is 1. The summed E-state index contributed by atoms with van der Waals surface area (Å²) in [6, 6.07) is 13.8. The van der Waals surface area contributed by atoms with Gasteiger partial charge in [0, 0.05) is 23.8 Å². The number of nitrogens with two attached hydrogens (primary N) is 1. The molecule has 0 radical (unpaired) electrons. The topological polar surface area (TPSA) is 46.3 Å². The van der Waals surface area contributed by atoms with E-state index in [1.165, 1.54) is 6.07 Å². The first kappa shape index (κ1) is 14.6. The number of benzene rings is 2. The Balaban J connectivity index is 1.77. The summed E-state index contributed by atoms with van der Waals surface area (Å²) in [6.07, 6.45) is 2.62. The number of nitrogens with zero attached hydrogens (tertiary/aromatic N) is 1. The zero-order chi connectivity index (χ0) is 15.5. The zero-order valence-electron chi connectivity index (χ0n) is 12.3. The third-order valence-corrected chi connectivity index (χ3v) is 4.13. The van der Waals surface area contributed by atoms with Crippen LogP contribution < -0.4 is 5.73 Å². The number of carbonyl (C=O) groups excluding carboxylic acids is 1. The Labute approximate surface area is 129 Å². The van der Waals surface area contributed by atoms with Crippen LogP contribution >= 0.6 is 0 Å². The fourth-order valence-corrected chi connectivity index (χ4v) is 3.09. The lowest BCUT2D eigenvalue weighted by molar-refractivity contribution is 0.0736. The van der Waals surface area contributed by atoms with E-state index >= 15 is 0 Å². The maximum absolute atomic E-state index is 13.3. The molecule has 3 rings (SSSR count). The third-order valence-electron chi connectivity index (χ3n) is 4.13. The maximum Gasteiger partial charge on any atom is 0.254 e. The van der Waals surface area contributed by atoms with Crippen molar-refractivity contribution >= 4 is 11.6 Å². The summed E-state index contributed by atoms with van der Waals surface area (Å²) in [6.45, 7) is 0.744. The molecule has 1 heterocycles. The largest absolute Gasteiger partial charge is 0.399 e. The molecule has 2 aromatic carbocycles. The average molecular weight is 298 g/mol. The van der Waals surface area contributed by atoms with Gasteiger partial charge in [-0.1, -0.05) is 18.2 Å². The summed E-state index contributed by atoms with van der Waals surface area (Å²) >= 11 is 0. The highest BCUT2D eigenvalue weighted by molar-refractivity contribution is 5.95. The molecular weight excluding hydrogens is 279 g/mol. The van der Waals surface area contributed by atoms with Crippen LogP contribution in [0.3, 0.4) is 0 Å². The van der Waals surface area contributed by atoms with Crippen LogP contribution in [0.15, 0.2) is 48.5 Å². The van der Waals surface area contributed by atoms with Crippen molar-refractivity contribution in [3.05, 3.63) is 65.5 Å². The van der Waals surface area contributed by atoms with E-state index in [4.69, 9.17) is 5.73 Å². The zero-order valence-corrected chi connectivity index (χ0v) is 12.3. The van der Waals surface area contributed by atoms with E-state index in [0.29, 0.717) is 17.7 Å². The van der Waals surface area contributed by atoms with Crippen LogP contribution in [0.1, 0.15) is 28.8 Å². The van der Waals surface area contributed by atoms with Gasteiger partial charge in [-0.2, -0.15) is 0 Å². The minimum absolute atomic E-state index is 0.00574. The maximum atomic E-state index is 13.3. The van der Waals surface area contributed by atoms with Crippen molar-refractivity contribution in [3.8, 4) is 0 Å². The molecule has 2 aromatic rings. The van der Waals surface area contributed by atoms with Gasteiger partial charge in [0.25, 0.3) is 5.91 Å². The van der Waals surface area contributed by atoms with Gasteiger partial charge in [0.1, 0.15) is 5.82 Å². The van der Waals surface area contributed by atoms with Gasteiger partial charge in [-0.15, -0.1) is 0 Å². The van der Waals surface area contributed by atoms with Crippen molar-refractivity contribution in [3.63, 3.8) is 0 Å². The molecule has 1 aliphatic rings. The second-order valence-electron chi connectivity index (χ2n) is 5.75. The van der Waals surface area contributed by atoms with E-state index in [1.54, 1.807) is 36.4 Å². The Hall–Kier alpha value is -2.36. The Kier molecular flexibility index (Phi) is 4.09. The Morgan fingerprint density at radius 3 is 2.82 bits per heavy atom. The van der Waals surface area contributed by atoms with Crippen molar-refractivity contribution in [2.45, 2.75) is 25.3 Å². The molecule has 1 atom stereocenters. The number of hydrogen-bond donors (Lipinski definition) is 1. The van der Waals surface area contributed by atoms with Gasteiger partial charge in [-0.05, 0) is 55.2 Å². The van der Waals surface area contributed by atoms with Gasteiger partial charge in [-0.3, -0.25) is 4.79 Å². The molecule has 0 aliphatic carbocycles. The van der Waals surface area contributed by atoms with E-state index in [0.717, 1.165) is 24.9 Å². The summed E-state index contributed by atoms with van der Waals surface area (Å²) in [7, 11) is 0. The molecule has 1 unspecified atom stereocenters. The highest BCUT2D eigenvalue weighted by Gasteiger charge is 2.29. The molecule has 22 heavy (non-hydrogen) atoms. The van der Waals surface area contributed by atoms with E-state index in [-0.39, 0.29) is 17.8 Å². The van der Waals surface area contributed by atoms with Gasteiger partial charge in [0.15, 0.2) is 0 Å². The lowest BCUT2D eigenvalue weighted by atomic mass is 10.0.